The van der Waals surface area contributed by atoms with Crippen molar-refractivity contribution in [2.24, 2.45) is 5.73 Å². The van der Waals surface area contributed by atoms with Crippen molar-refractivity contribution in [1.82, 2.24) is 0 Å². The molecule has 1 atom stereocenters. The first kappa shape index (κ1) is 13.3. The summed E-state index contributed by atoms with van der Waals surface area (Å²) in [7, 11) is 0. The second-order valence-electron chi connectivity index (χ2n) is 4.16. The number of rotatable bonds is 5. The molecule has 0 spiro atoms. The van der Waals surface area contributed by atoms with Crippen LogP contribution in [0.5, 0.6) is 0 Å². The number of halogens is 1. The summed E-state index contributed by atoms with van der Waals surface area (Å²) >= 11 is 3.41. The molecule has 0 aromatic heterocycles. The standard InChI is InChI=1S/C15H16BrNO/c16-14-8-6-12(7-9-14)10-18-11-15(17)13-4-2-1-3-5-13/h1-9,15H,10-11,17H2. The van der Waals surface area contributed by atoms with Crippen LogP contribution in [0.15, 0.2) is 59.1 Å². The Bertz CT molecular complexity index is 470. The maximum absolute atomic E-state index is 6.05. The minimum atomic E-state index is -0.0679. The van der Waals surface area contributed by atoms with E-state index in [2.05, 4.69) is 15.9 Å². The van der Waals surface area contributed by atoms with E-state index >= 15 is 0 Å². The minimum Gasteiger partial charge on any atom is -0.375 e. The lowest BCUT2D eigenvalue weighted by Crippen LogP contribution is -2.16. The highest BCUT2D eigenvalue weighted by molar-refractivity contribution is 9.10. The molecule has 0 saturated carbocycles. The van der Waals surface area contributed by atoms with E-state index in [4.69, 9.17) is 10.5 Å². The van der Waals surface area contributed by atoms with E-state index < -0.39 is 0 Å². The fraction of sp³-hybridized carbons (Fsp3) is 0.200. The molecule has 3 heteroatoms. The van der Waals surface area contributed by atoms with Crippen LogP contribution < -0.4 is 5.73 Å². The summed E-state index contributed by atoms with van der Waals surface area (Å²) in [6.07, 6.45) is 0. The van der Waals surface area contributed by atoms with Crippen LogP contribution in [-0.4, -0.2) is 6.61 Å². The molecule has 0 bridgehead atoms. The number of hydrogen-bond donors (Lipinski definition) is 1. The van der Waals surface area contributed by atoms with Gasteiger partial charge < -0.3 is 10.5 Å². The normalized spacial score (nSPS) is 12.3. The average molecular weight is 306 g/mol. The molecule has 94 valence electrons. The molecule has 2 nitrogen and oxygen atoms in total. The summed E-state index contributed by atoms with van der Waals surface area (Å²) in [4.78, 5) is 0. The van der Waals surface area contributed by atoms with E-state index in [-0.39, 0.29) is 6.04 Å². The fourth-order valence-corrected chi connectivity index (χ4v) is 1.95. The van der Waals surface area contributed by atoms with Gasteiger partial charge in [-0.25, -0.2) is 0 Å². The van der Waals surface area contributed by atoms with Gasteiger partial charge in [-0.1, -0.05) is 58.4 Å². The van der Waals surface area contributed by atoms with Crippen molar-refractivity contribution in [3.8, 4) is 0 Å². The molecule has 0 amide bonds. The topological polar surface area (TPSA) is 35.2 Å². The van der Waals surface area contributed by atoms with Crippen LogP contribution in [0, 0.1) is 0 Å². The van der Waals surface area contributed by atoms with Crippen molar-refractivity contribution >= 4 is 15.9 Å². The lowest BCUT2D eigenvalue weighted by atomic mass is 10.1. The molecule has 1 unspecified atom stereocenters. The van der Waals surface area contributed by atoms with E-state index in [1.54, 1.807) is 0 Å². The summed E-state index contributed by atoms with van der Waals surface area (Å²) < 4.78 is 6.71. The first-order chi connectivity index (χ1) is 8.75. The van der Waals surface area contributed by atoms with Crippen LogP contribution in [0.4, 0.5) is 0 Å². The molecule has 18 heavy (non-hydrogen) atoms. The Morgan fingerprint density at radius 2 is 1.67 bits per heavy atom. The SMILES string of the molecule is NC(COCc1ccc(Br)cc1)c1ccccc1. The predicted molar refractivity (Wildman–Crippen MR) is 77.2 cm³/mol. The Kier molecular flexibility index (Phi) is 4.93. The first-order valence-electron chi connectivity index (χ1n) is 5.88. The minimum absolute atomic E-state index is 0.0679. The lowest BCUT2D eigenvalue weighted by Gasteiger charge is -2.12. The van der Waals surface area contributed by atoms with Crippen LogP contribution >= 0.6 is 15.9 Å². The Labute approximate surface area is 116 Å². The fourth-order valence-electron chi connectivity index (χ4n) is 1.68. The van der Waals surface area contributed by atoms with Crippen LogP contribution in [0.1, 0.15) is 17.2 Å². The van der Waals surface area contributed by atoms with E-state index in [0.29, 0.717) is 13.2 Å². The molecule has 2 N–H and O–H groups in total. The number of ether oxygens (including phenoxy) is 1. The van der Waals surface area contributed by atoms with E-state index in [1.165, 1.54) is 0 Å². The van der Waals surface area contributed by atoms with Gasteiger partial charge in [0.05, 0.1) is 19.3 Å². The van der Waals surface area contributed by atoms with Gasteiger partial charge in [0.1, 0.15) is 0 Å². The molecule has 2 aromatic rings. The zero-order valence-electron chi connectivity index (χ0n) is 10.1. The third kappa shape index (κ3) is 3.95. The lowest BCUT2D eigenvalue weighted by molar-refractivity contribution is 0.108. The van der Waals surface area contributed by atoms with Crippen molar-refractivity contribution in [2.45, 2.75) is 12.6 Å². The van der Waals surface area contributed by atoms with Crippen molar-refractivity contribution in [3.63, 3.8) is 0 Å². The Balaban J connectivity index is 1.80. The number of hydrogen-bond acceptors (Lipinski definition) is 2. The maximum atomic E-state index is 6.05. The zero-order chi connectivity index (χ0) is 12.8. The van der Waals surface area contributed by atoms with Gasteiger partial charge in [-0.15, -0.1) is 0 Å². The molecule has 0 fully saturated rings. The molecule has 0 saturated heterocycles. The van der Waals surface area contributed by atoms with Gasteiger partial charge in [-0.3, -0.25) is 0 Å². The van der Waals surface area contributed by atoms with Gasteiger partial charge in [0, 0.05) is 4.47 Å². The molecule has 0 radical (unpaired) electrons. The molecule has 2 rings (SSSR count). The van der Waals surface area contributed by atoms with Crippen LogP contribution in [-0.2, 0) is 11.3 Å². The predicted octanol–water partition coefficient (Wildman–Crippen LogP) is 3.67. The number of nitrogens with two attached hydrogens (primary N) is 1. The highest BCUT2D eigenvalue weighted by atomic mass is 79.9. The average Bonchev–Trinajstić information content (AvgIpc) is 2.42. The van der Waals surface area contributed by atoms with Crippen LogP contribution in [0.3, 0.4) is 0 Å². The van der Waals surface area contributed by atoms with Crippen LogP contribution in [0.25, 0.3) is 0 Å². The first-order valence-corrected chi connectivity index (χ1v) is 6.68. The molecular formula is C15H16BrNO. The van der Waals surface area contributed by atoms with Crippen molar-refractivity contribution in [2.75, 3.05) is 6.61 Å². The Hall–Kier alpha value is -1.16. The molecule has 0 aliphatic carbocycles. The second-order valence-corrected chi connectivity index (χ2v) is 5.07. The van der Waals surface area contributed by atoms with E-state index in [0.717, 1.165) is 15.6 Å². The van der Waals surface area contributed by atoms with Crippen molar-refractivity contribution < 1.29 is 4.74 Å². The van der Waals surface area contributed by atoms with Gasteiger partial charge in [0.15, 0.2) is 0 Å². The van der Waals surface area contributed by atoms with Gasteiger partial charge in [0.25, 0.3) is 0 Å². The molecule has 2 aromatic carbocycles. The summed E-state index contributed by atoms with van der Waals surface area (Å²) in [6.45, 7) is 1.12. The van der Waals surface area contributed by atoms with Crippen molar-refractivity contribution in [1.29, 1.82) is 0 Å². The van der Waals surface area contributed by atoms with Gasteiger partial charge in [-0.2, -0.15) is 0 Å². The summed E-state index contributed by atoms with van der Waals surface area (Å²) in [5.41, 5.74) is 8.31. The van der Waals surface area contributed by atoms with Gasteiger partial charge in [0.2, 0.25) is 0 Å². The smallest absolute Gasteiger partial charge is 0.0717 e. The molecule has 0 heterocycles. The number of benzene rings is 2. The van der Waals surface area contributed by atoms with E-state index in [1.807, 2.05) is 54.6 Å². The zero-order valence-corrected chi connectivity index (χ0v) is 11.6. The molecular weight excluding hydrogens is 290 g/mol. The largest absolute Gasteiger partial charge is 0.375 e. The van der Waals surface area contributed by atoms with Crippen molar-refractivity contribution in [3.05, 3.63) is 70.2 Å². The Morgan fingerprint density at radius 1 is 1.00 bits per heavy atom. The van der Waals surface area contributed by atoms with Gasteiger partial charge >= 0.3 is 0 Å². The maximum Gasteiger partial charge on any atom is 0.0717 e. The summed E-state index contributed by atoms with van der Waals surface area (Å²) in [5, 5.41) is 0. The third-order valence-electron chi connectivity index (χ3n) is 2.71. The highest BCUT2D eigenvalue weighted by Crippen LogP contribution is 2.13. The third-order valence-corrected chi connectivity index (χ3v) is 3.24. The van der Waals surface area contributed by atoms with Crippen LogP contribution in [0.2, 0.25) is 0 Å². The molecule has 0 aliphatic heterocycles. The summed E-state index contributed by atoms with van der Waals surface area (Å²) in [6, 6.07) is 18.0. The second kappa shape index (κ2) is 6.69. The Morgan fingerprint density at radius 3 is 2.33 bits per heavy atom. The molecule has 0 aliphatic rings. The summed E-state index contributed by atoms with van der Waals surface area (Å²) in [5.74, 6) is 0. The monoisotopic (exact) mass is 305 g/mol. The highest BCUT2D eigenvalue weighted by Gasteiger charge is 2.05. The van der Waals surface area contributed by atoms with E-state index in [9.17, 15) is 0 Å². The van der Waals surface area contributed by atoms with Gasteiger partial charge in [-0.05, 0) is 23.3 Å². The quantitative estimate of drug-likeness (QED) is 0.915.